The van der Waals surface area contributed by atoms with Crippen molar-refractivity contribution in [2.75, 3.05) is 29.9 Å². The highest BCUT2D eigenvalue weighted by molar-refractivity contribution is 6.44. The van der Waals surface area contributed by atoms with Crippen molar-refractivity contribution in [2.24, 2.45) is 0 Å². The molecule has 2 heterocycles. The Bertz CT molecular complexity index is 1350. The molecule has 0 saturated carbocycles. The van der Waals surface area contributed by atoms with Gasteiger partial charge in [-0.15, -0.1) is 0 Å². The van der Waals surface area contributed by atoms with Gasteiger partial charge in [0.05, 0.1) is 21.8 Å². The van der Waals surface area contributed by atoms with Gasteiger partial charge in [-0.05, 0) is 79.6 Å². The number of anilines is 2. The number of fused-ring (bicyclic) bond motifs is 1. The predicted octanol–water partition coefficient (Wildman–Crippen LogP) is 7.05. The van der Waals surface area contributed by atoms with Crippen molar-refractivity contribution < 1.29 is 19.4 Å². The van der Waals surface area contributed by atoms with Gasteiger partial charge in [-0.1, -0.05) is 35.3 Å². The van der Waals surface area contributed by atoms with E-state index in [1.165, 1.54) is 0 Å². The Morgan fingerprint density at radius 3 is 2.51 bits per heavy atom. The van der Waals surface area contributed by atoms with Gasteiger partial charge in [0.1, 0.15) is 5.75 Å². The largest absolute Gasteiger partial charge is 0.511 e. The lowest BCUT2D eigenvalue weighted by Gasteiger charge is -2.46. The van der Waals surface area contributed by atoms with E-state index in [1.807, 2.05) is 23.1 Å². The Morgan fingerprint density at radius 2 is 1.79 bits per heavy atom. The summed E-state index contributed by atoms with van der Waals surface area (Å²) in [6.45, 7) is 1.59. The maximum Gasteiger partial charge on any atom is 0.511 e. The van der Waals surface area contributed by atoms with Crippen molar-refractivity contribution in [3.63, 3.8) is 0 Å². The average Bonchev–Trinajstić information content (AvgIpc) is 2.95. The summed E-state index contributed by atoms with van der Waals surface area (Å²) < 4.78 is 4.98. The molecule has 0 bridgehead atoms. The molecule has 10 heteroatoms. The molecule has 1 N–H and O–H groups in total. The lowest BCUT2D eigenvalue weighted by atomic mass is 9.85. The zero-order valence-electron chi connectivity index (χ0n) is 21.6. The molecule has 1 atom stereocenters. The third kappa shape index (κ3) is 5.77. The number of aryl methyl sites for hydroxylation is 1. The quantitative estimate of drug-likeness (QED) is 0.262. The summed E-state index contributed by atoms with van der Waals surface area (Å²) in [5.74, 6) is 0.249. The standard InChI is InChI=1S/C29H30Cl2N4O4/c1-33(26-7-3-5-24(30)27(26)31)28(36)35(21-12-16-34(17-13-21)20-10-14-32-15-11-20)25-6-2-4-19-8-9-22(18-23(19)25)39-29(37)38/h3,5,7-11,14-15,18,21,25H,2,4,6,12-13,16-17H2,1H3,(H,37,38). The number of ether oxygens (including phenoxy) is 1. The number of carbonyl (C=O) groups is 2. The van der Waals surface area contributed by atoms with E-state index in [1.54, 1.807) is 54.7 Å². The number of pyridine rings is 1. The van der Waals surface area contributed by atoms with Crippen molar-refractivity contribution in [3.05, 3.63) is 82.1 Å². The lowest BCUT2D eigenvalue weighted by Crippen LogP contribution is -2.53. The van der Waals surface area contributed by atoms with Gasteiger partial charge in [-0.25, -0.2) is 9.59 Å². The summed E-state index contributed by atoms with van der Waals surface area (Å²) in [5.41, 5.74) is 3.67. The van der Waals surface area contributed by atoms with Crippen molar-refractivity contribution in [2.45, 2.75) is 44.2 Å². The van der Waals surface area contributed by atoms with Gasteiger partial charge in [0.25, 0.3) is 0 Å². The molecule has 1 saturated heterocycles. The first-order valence-corrected chi connectivity index (χ1v) is 13.8. The van der Waals surface area contributed by atoms with E-state index in [0.29, 0.717) is 15.7 Å². The maximum atomic E-state index is 14.3. The molecule has 204 valence electrons. The van der Waals surface area contributed by atoms with E-state index in [2.05, 4.69) is 9.88 Å². The summed E-state index contributed by atoms with van der Waals surface area (Å²) in [5, 5.41) is 9.88. The number of benzene rings is 2. The Morgan fingerprint density at radius 1 is 1.05 bits per heavy atom. The van der Waals surface area contributed by atoms with E-state index in [4.69, 9.17) is 27.9 Å². The summed E-state index contributed by atoms with van der Waals surface area (Å²) in [7, 11) is 1.71. The number of hydrogen-bond donors (Lipinski definition) is 1. The van der Waals surface area contributed by atoms with E-state index in [9.17, 15) is 14.7 Å². The van der Waals surface area contributed by atoms with E-state index < -0.39 is 6.16 Å². The summed E-state index contributed by atoms with van der Waals surface area (Å²) >= 11 is 12.8. The molecule has 0 radical (unpaired) electrons. The molecule has 1 fully saturated rings. The third-order valence-electron chi connectivity index (χ3n) is 7.63. The molecule has 5 rings (SSSR count). The van der Waals surface area contributed by atoms with Crippen LogP contribution in [0.2, 0.25) is 10.0 Å². The van der Waals surface area contributed by atoms with Crippen LogP contribution in [-0.4, -0.2) is 53.4 Å². The topological polar surface area (TPSA) is 86.2 Å². The molecule has 39 heavy (non-hydrogen) atoms. The number of carbonyl (C=O) groups excluding carboxylic acids is 1. The van der Waals surface area contributed by atoms with Crippen molar-refractivity contribution in [3.8, 4) is 5.75 Å². The second kappa shape index (κ2) is 11.7. The number of rotatable bonds is 5. The minimum Gasteiger partial charge on any atom is -0.449 e. The highest BCUT2D eigenvalue weighted by Crippen LogP contribution is 2.41. The highest BCUT2D eigenvalue weighted by Gasteiger charge is 2.38. The molecule has 2 aromatic carbocycles. The Hall–Kier alpha value is -3.49. The maximum absolute atomic E-state index is 14.3. The van der Waals surface area contributed by atoms with E-state index in [-0.39, 0.29) is 23.9 Å². The molecular formula is C29H30Cl2N4O4. The molecule has 1 unspecified atom stereocenters. The lowest BCUT2D eigenvalue weighted by molar-refractivity contribution is 0.126. The zero-order chi connectivity index (χ0) is 27.5. The second-order valence-corrected chi connectivity index (χ2v) is 10.7. The fourth-order valence-electron chi connectivity index (χ4n) is 5.73. The first-order chi connectivity index (χ1) is 18.8. The van der Waals surface area contributed by atoms with Crippen LogP contribution in [0, 0.1) is 0 Å². The molecule has 2 amide bonds. The number of carboxylic acid groups (broad SMARTS) is 1. The number of amides is 2. The van der Waals surface area contributed by atoms with Crippen LogP contribution in [-0.2, 0) is 6.42 Å². The Kier molecular flexibility index (Phi) is 8.14. The van der Waals surface area contributed by atoms with Gasteiger partial charge in [0.2, 0.25) is 0 Å². The van der Waals surface area contributed by atoms with E-state index in [0.717, 1.165) is 62.0 Å². The summed E-state index contributed by atoms with van der Waals surface area (Å²) in [6, 6.07) is 14.2. The monoisotopic (exact) mass is 568 g/mol. The molecule has 3 aromatic rings. The minimum atomic E-state index is -1.37. The molecule has 2 aliphatic rings. The first-order valence-electron chi connectivity index (χ1n) is 13.0. The fraction of sp³-hybridized carbons (Fsp3) is 0.345. The third-order valence-corrected chi connectivity index (χ3v) is 8.44. The molecule has 1 aliphatic carbocycles. The number of nitrogens with zero attached hydrogens (tertiary/aromatic N) is 4. The van der Waals surface area contributed by atoms with Crippen LogP contribution in [0.4, 0.5) is 21.0 Å². The van der Waals surface area contributed by atoms with Crippen molar-refractivity contribution in [1.29, 1.82) is 0 Å². The van der Waals surface area contributed by atoms with Gasteiger partial charge in [0, 0.05) is 44.3 Å². The molecule has 1 aliphatic heterocycles. The van der Waals surface area contributed by atoms with Crippen LogP contribution in [0.1, 0.15) is 42.9 Å². The van der Waals surface area contributed by atoms with Gasteiger partial charge in [-0.3, -0.25) is 9.88 Å². The van der Waals surface area contributed by atoms with Gasteiger partial charge < -0.3 is 19.6 Å². The van der Waals surface area contributed by atoms with Gasteiger partial charge >= 0.3 is 12.2 Å². The average molecular weight is 569 g/mol. The molecular weight excluding hydrogens is 539 g/mol. The normalized spacial score (nSPS) is 17.3. The zero-order valence-corrected chi connectivity index (χ0v) is 23.1. The predicted molar refractivity (Wildman–Crippen MR) is 152 cm³/mol. The Labute approximate surface area is 237 Å². The van der Waals surface area contributed by atoms with Crippen LogP contribution in [0.15, 0.2) is 60.9 Å². The summed E-state index contributed by atoms with van der Waals surface area (Å²) in [6.07, 6.45) is 6.30. The number of halogens is 2. The van der Waals surface area contributed by atoms with Crippen molar-refractivity contribution >= 4 is 46.8 Å². The van der Waals surface area contributed by atoms with Crippen LogP contribution in [0.25, 0.3) is 0 Å². The number of urea groups is 1. The molecule has 1 aromatic heterocycles. The van der Waals surface area contributed by atoms with Crippen LogP contribution in [0.5, 0.6) is 5.75 Å². The highest BCUT2D eigenvalue weighted by atomic mass is 35.5. The van der Waals surface area contributed by atoms with Crippen molar-refractivity contribution in [1.82, 2.24) is 9.88 Å². The number of hydrogen-bond acceptors (Lipinski definition) is 5. The number of piperidine rings is 1. The Balaban J connectivity index is 1.49. The van der Waals surface area contributed by atoms with Gasteiger partial charge in [-0.2, -0.15) is 0 Å². The molecule has 0 spiro atoms. The number of aromatic nitrogens is 1. The summed E-state index contributed by atoms with van der Waals surface area (Å²) in [4.78, 5) is 35.5. The van der Waals surface area contributed by atoms with Crippen LogP contribution < -0.4 is 14.5 Å². The van der Waals surface area contributed by atoms with E-state index >= 15 is 0 Å². The van der Waals surface area contributed by atoms with Crippen LogP contribution in [0.3, 0.4) is 0 Å². The SMILES string of the molecule is CN(C(=O)N(C1CCN(c2ccncc2)CC1)C1CCCc2ccc(OC(=O)O)cc21)c1cccc(Cl)c1Cl. The fourth-order valence-corrected chi connectivity index (χ4v) is 6.16. The van der Waals surface area contributed by atoms with Gasteiger partial charge in [0.15, 0.2) is 0 Å². The minimum absolute atomic E-state index is 0.0315. The molecule has 8 nitrogen and oxygen atoms in total. The second-order valence-electron chi connectivity index (χ2n) is 9.88. The smallest absolute Gasteiger partial charge is 0.449 e. The van der Waals surface area contributed by atoms with Crippen LogP contribution >= 0.6 is 23.2 Å². The first kappa shape index (κ1) is 27.1.